The predicted molar refractivity (Wildman–Crippen MR) is 190 cm³/mol. The summed E-state index contributed by atoms with van der Waals surface area (Å²) in [7, 11) is 0. The predicted octanol–water partition coefficient (Wildman–Crippen LogP) is 6.87. The van der Waals surface area contributed by atoms with Crippen molar-refractivity contribution in [1.82, 2.24) is 0 Å². The number of allylic oxidation sites excluding steroid dienone is 2. The molecule has 0 aromatic heterocycles. The van der Waals surface area contributed by atoms with Crippen molar-refractivity contribution in [3.05, 3.63) is 129 Å². The standard InChI is InChI=1S/2C19H19.C6H10.2ClH.Zr/c2*1-3-14-8-10-16(11-9-14)18-7-5-6-17-12-15(4-2)13-19(17)18;1-2-4-6-5-3-1;;;/h2*5-13H,3-4H2,1-2H3;1-2H,3-6H2;2*1H;/q;;;;;+2/p-2. The number of fused-ring (bicyclic) bond motifs is 3. The molecule has 1 saturated carbocycles. The van der Waals surface area contributed by atoms with Crippen molar-refractivity contribution in [3.8, 4) is 22.3 Å². The molecule has 0 radical (unpaired) electrons. The van der Waals surface area contributed by atoms with Crippen LogP contribution in [0.25, 0.3) is 34.4 Å². The van der Waals surface area contributed by atoms with Crippen LogP contribution >= 0.6 is 0 Å². The summed E-state index contributed by atoms with van der Waals surface area (Å²) in [6.45, 7) is 9.40. The SMILES string of the molecule is CCC1=Cc2c(-c3ccc(CC)cc3)cccc2[CH]1[Zr+2]1([CH]2C(CC)=Cc3c(-c4ccc(CC)cc4)cccc32)[CH]2CCCC[CH]21.[Cl-].[Cl-]. The third-order valence-corrected chi connectivity index (χ3v) is 29.4. The number of rotatable bonds is 8. The van der Waals surface area contributed by atoms with Gasteiger partial charge in [0.2, 0.25) is 0 Å². The van der Waals surface area contributed by atoms with Crippen LogP contribution in [-0.4, -0.2) is 0 Å². The first-order valence-corrected chi connectivity index (χ1v) is 23.7. The number of halogens is 2. The molecular weight excluding hydrogens is 691 g/mol. The van der Waals surface area contributed by atoms with E-state index in [0.29, 0.717) is 7.25 Å². The summed E-state index contributed by atoms with van der Waals surface area (Å²) in [5, 5.41) is 0. The quantitative estimate of drug-likeness (QED) is 0.185. The first-order chi connectivity index (χ1) is 22.1. The van der Waals surface area contributed by atoms with Gasteiger partial charge in [-0.05, 0) is 0 Å². The van der Waals surface area contributed by atoms with Crippen LogP contribution in [0.2, 0.25) is 7.25 Å². The van der Waals surface area contributed by atoms with Crippen molar-refractivity contribution in [3.63, 3.8) is 0 Å². The fraction of sp³-hybridized carbons (Fsp3) is 0.364. The van der Waals surface area contributed by atoms with E-state index in [0.717, 1.165) is 20.1 Å². The van der Waals surface area contributed by atoms with Gasteiger partial charge in [-0.25, -0.2) is 0 Å². The maximum Gasteiger partial charge on any atom is -1.00 e. The van der Waals surface area contributed by atoms with Gasteiger partial charge < -0.3 is 24.8 Å². The normalized spacial score (nSPS) is 23.7. The van der Waals surface area contributed by atoms with Crippen molar-refractivity contribution in [2.75, 3.05) is 0 Å². The van der Waals surface area contributed by atoms with Gasteiger partial charge in [0, 0.05) is 0 Å². The molecule has 47 heavy (non-hydrogen) atoms. The number of hydrogen-bond donors (Lipinski definition) is 0. The average Bonchev–Trinajstić information content (AvgIpc) is 3.38. The topological polar surface area (TPSA) is 0 Å². The fourth-order valence-electron chi connectivity index (χ4n) is 10.3. The summed E-state index contributed by atoms with van der Waals surface area (Å²) >= 11 is -2.96. The van der Waals surface area contributed by atoms with Crippen LogP contribution in [0.4, 0.5) is 0 Å². The van der Waals surface area contributed by atoms with Gasteiger partial charge in [-0.2, -0.15) is 0 Å². The zero-order chi connectivity index (χ0) is 30.7. The van der Waals surface area contributed by atoms with E-state index in [1.807, 2.05) is 0 Å². The summed E-state index contributed by atoms with van der Waals surface area (Å²) < 4.78 is 3.45. The summed E-state index contributed by atoms with van der Waals surface area (Å²) in [6, 6.07) is 33.5. The molecule has 3 heteroatoms. The van der Waals surface area contributed by atoms with Crippen molar-refractivity contribution < 1.29 is 45.1 Å². The van der Waals surface area contributed by atoms with Gasteiger partial charge in [0.25, 0.3) is 0 Å². The monoisotopic (exact) mass is 736 g/mol. The van der Waals surface area contributed by atoms with Crippen LogP contribution in [0, 0.1) is 0 Å². The van der Waals surface area contributed by atoms with Gasteiger partial charge in [-0.3, -0.25) is 0 Å². The second-order valence-corrected chi connectivity index (χ2v) is 25.6. The Hall–Kier alpha value is -2.18. The van der Waals surface area contributed by atoms with Crippen molar-refractivity contribution in [1.29, 1.82) is 0 Å². The van der Waals surface area contributed by atoms with Crippen molar-refractivity contribution in [2.24, 2.45) is 0 Å². The molecule has 4 aromatic rings. The van der Waals surface area contributed by atoms with E-state index in [1.165, 1.54) is 71.9 Å². The molecule has 4 unspecified atom stereocenters. The van der Waals surface area contributed by atoms with Gasteiger partial charge in [0.15, 0.2) is 0 Å². The summed E-state index contributed by atoms with van der Waals surface area (Å²) in [4.78, 5) is 0. The number of benzene rings is 4. The molecule has 4 atom stereocenters. The van der Waals surface area contributed by atoms with Gasteiger partial charge >= 0.3 is 278 Å². The van der Waals surface area contributed by atoms with E-state index in [1.54, 1.807) is 33.4 Å². The Labute approximate surface area is 300 Å². The minimum atomic E-state index is -2.96. The summed E-state index contributed by atoms with van der Waals surface area (Å²) in [6.07, 6.45) is 15.8. The van der Waals surface area contributed by atoms with E-state index >= 15 is 0 Å². The second-order valence-electron chi connectivity index (χ2n) is 14.2. The summed E-state index contributed by atoms with van der Waals surface area (Å²) in [5.41, 5.74) is 18.5. The van der Waals surface area contributed by atoms with Gasteiger partial charge in [-0.1, -0.05) is 0 Å². The molecule has 4 aromatic carbocycles. The first-order valence-electron chi connectivity index (χ1n) is 18.0. The van der Waals surface area contributed by atoms with Crippen LogP contribution in [0.1, 0.15) is 107 Å². The van der Waals surface area contributed by atoms with E-state index < -0.39 is 20.3 Å². The Kier molecular flexibility index (Phi) is 10.3. The van der Waals surface area contributed by atoms with Gasteiger partial charge in [-0.15, -0.1) is 0 Å². The third kappa shape index (κ3) is 5.43. The maximum absolute atomic E-state index is 2.96. The largest absolute Gasteiger partial charge is 1.00 e. The van der Waals surface area contributed by atoms with Crippen molar-refractivity contribution >= 4 is 12.2 Å². The van der Waals surface area contributed by atoms with Gasteiger partial charge in [0.05, 0.1) is 0 Å². The molecule has 2 fully saturated rings. The van der Waals surface area contributed by atoms with Crippen LogP contribution < -0.4 is 24.8 Å². The van der Waals surface area contributed by atoms with E-state index in [2.05, 4.69) is 125 Å². The van der Waals surface area contributed by atoms with E-state index in [9.17, 15) is 0 Å². The van der Waals surface area contributed by atoms with E-state index in [4.69, 9.17) is 0 Å². The minimum absolute atomic E-state index is 0. The Bertz CT molecular complexity index is 1680. The number of hydrogen-bond acceptors (Lipinski definition) is 0. The van der Waals surface area contributed by atoms with E-state index in [-0.39, 0.29) is 24.8 Å². The molecule has 0 amide bonds. The number of aryl methyl sites for hydroxylation is 2. The molecule has 0 bridgehead atoms. The molecule has 1 saturated heterocycles. The molecule has 1 heterocycles. The molecule has 1 aliphatic heterocycles. The first kappa shape index (κ1) is 34.7. The molecule has 242 valence electrons. The molecule has 4 aliphatic rings. The maximum atomic E-state index is 2.68. The van der Waals surface area contributed by atoms with Crippen molar-refractivity contribution in [2.45, 2.75) is 93.6 Å². The molecular formula is C44H48Cl2Zr. The van der Waals surface area contributed by atoms with Crippen LogP contribution in [0.3, 0.4) is 0 Å². The van der Waals surface area contributed by atoms with Crippen LogP contribution in [0.15, 0.2) is 96.1 Å². The average molecular weight is 739 g/mol. The Morgan fingerprint density at radius 2 is 0.915 bits per heavy atom. The molecule has 0 N–H and O–H groups in total. The smallest absolute Gasteiger partial charge is 1.00 e. The minimum Gasteiger partial charge on any atom is -1.00 e. The molecule has 8 rings (SSSR count). The Balaban J connectivity index is 0.00000193. The Morgan fingerprint density at radius 1 is 0.511 bits per heavy atom. The van der Waals surface area contributed by atoms with Crippen LogP contribution in [0.5, 0.6) is 0 Å². The molecule has 0 nitrogen and oxygen atoms in total. The van der Waals surface area contributed by atoms with Gasteiger partial charge in [0.1, 0.15) is 0 Å². The van der Waals surface area contributed by atoms with Crippen LogP contribution in [-0.2, 0) is 33.1 Å². The zero-order valence-electron chi connectivity index (χ0n) is 28.5. The molecule has 3 aliphatic carbocycles. The Morgan fingerprint density at radius 3 is 1.28 bits per heavy atom. The molecule has 0 spiro atoms. The summed E-state index contributed by atoms with van der Waals surface area (Å²) in [5.74, 6) is 0. The zero-order valence-corrected chi connectivity index (χ0v) is 32.4. The second kappa shape index (κ2) is 14.0. The fourth-order valence-corrected chi connectivity index (χ4v) is 33.8. The third-order valence-electron chi connectivity index (χ3n) is 12.4.